The summed E-state index contributed by atoms with van der Waals surface area (Å²) >= 11 is 5.91. The molecule has 2 heterocycles. The molecule has 0 radical (unpaired) electrons. The molecule has 2 aromatic rings. The number of halogens is 3. The summed E-state index contributed by atoms with van der Waals surface area (Å²) in [5.74, 6) is -2.53. The van der Waals surface area contributed by atoms with E-state index in [-0.39, 0.29) is 35.6 Å². The second-order valence-electron chi connectivity index (χ2n) is 11.1. The van der Waals surface area contributed by atoms with Crippen molar-refractivity contribution >= 4 is 35.6 Å². The Bertz CT molecular complexity index is 1200. The molecule has 3 atom stereocenters. The number of rotatable bonds is 6. The number of carboxylic acid groups (broad SMARTS) is 1. The molecule has 0 aromatic heterocycles. The number of anilines is 1. The zero-order valence-corrected chi connectivity index (χ0v) is 23.5. The fourth-order valence-corrected chi connectivity index (χ4v) is 4.47. The van der Waals surface area contributed by atoms with Crippen LogP contribution in [-0.4, -0.2) is 54.2 Å². The molecule has 2 aliphatic rings. The van der Waals surface area contributed by atoms with Crippen molar-refractivity contribution in [1.82, 2.24) is 10.6 Å². The Balaban J connectivity index is 0.000000297. The first-order valence-corrected chi connectivity index (χ1v) is 12.8. The first-order chi connectivity index (χ1) is 18.1. The van der Waals surface area contributed by atoms with Crippen molar-refractivity contribution in [3.05, 3.63) is 63.7 Å². The van der Waals surface area contributed by atoms with Gasteiger partial charge in [-0.05, 0) is 53.3 Å². The zero-order valence-electron chi connectivity index (χ0n) is 22.7. The Morgan fingerprint density at radius 2 is 1.87 bits per heavy atom. The monoisotopic (exact) mass is 567 g/mol. The van der Waals surface area contributed by atoms with Crippen molar-refractivity contribution in [2.45, 2.75) is 58.5 Å². The predicted octanol–water partition coefficient (Wildman–Crippen LogP) is 4.12. The molecule has 3 unspecified atom stereocenters. The molecule has 2 aliphatic heterocycles. The van der Waals surface area contributed by atoms with E-state index < -0.39 is 23.3 Å². The lowest BCUT2D eigenvalue weighted by Crippen LogP contribution is -2.41. The molecular weight excluding hydrogens is 532 g/mol. The molecule has 5 N–H and O–H groups in total. The van der Waals surface area contributed by atoms with E-state index in [0.717, 1.165) is 5.56 Å². The van der Waals surface area contributed by atoms with Crippen molar-refractivity contribution in [1.29, 1.82) is 0 Å². The van der Waals surface area contributed by atoms with E-state index in [2.05, 4.69) is 43.6 Å². The molecule has 11 heteroatoms. The molecular formula is C28H36ClF2N3O5. The van der Waals surface area contributed by atoms with E-state index in [9.17, 15) is 23.2 Å². The molecule has 8 nitrogen and oxygen atoms in total. The van der Waals surface area contributed by atoms with Crippen LogP contribution in [0.1, 0.15) is 56.7 Å². The third-order valence-corrected chi connectivity index (χ3v) is 6.35. The van der Waals surface area contributed by atoms with Crippen molar-refractivity contribution in [2.75, 3.05) is 25.0 Å². The van der Waals surface area contributed by atoms with Crippen molar-refractivity contribution in [2.24, 2.45) is 5.41 Å². The Morgan fingerprint density at radius 1 is 1.23 bits per heavy atom. The van der Waals surface area contributed by atoms with Crippen LogP contribution in [0.25, 0.3) is 0 Å². The maximum absolute atomic E-state index is 14.2. The smallest absolute Gasteiger partial charge is 0.332 e. The van der Waals surface area contributed by atoms with Gasteiger partial charge in [0, 0.05) is 37.7 Å². The SMILES string of the molecule is CC(C)(C)C.Cc1cc2c(cc1F)C1(CNCC1c1ccc(F)c(Cl)c1)C(=O)N2.O=CNCCC(O)C(=O)O. The summed E-state index contributed by atoms with van der Waals surface area (Å²) in [6.45, 7) is 11.5. The van der Waals surface area contributed by atoms with E-state index in [0.29, 0.717) is 41.7 Å². The summed E-state index contributed by atoms with van der Waals surface area (Å²) < 4.78 is 27.6. The number of aliphatic hydroxyl groups is 1. The number of aryl methyl sites for hydroxylation is 1. The topological polar surface area (TPSA) is 128 Å². The van der Waals surface area contributed by atoms with E-state index in [1.165, 1.54) is 12.1 Å². The molecule has 4 rings (SSSR count). The summed E-state index contributed by atoms with van der Waals surface area (Å²) in [7, 11) is 0. The summed E-state index contributed by atoms with van der Waals surface area (Å²) in [5.41, 5.74) is 2.12. The number of fused-ring (bicyclic) bond motifs is 2. The second-order valence-corrected chi connectivity index (χ2v) is 11.6. The van der Waals surface area contributed by atoms with Gasteiger partial charge in [-0.15, -0.1) is 0 Å². The highest BCUT2D eigenvalue weighted by molar-refractivity contribution is 6.30. The number of carboxylic acids is 1. The molecule has 1 saturated heterocycles. The lowest BCUT2D eigenvalue weighted by atomic mass is 9.70. The largest absolute Gasteiger partial charge is 0.479 e. The summed E-state index contributed by atoms with van der Waals surface area (Å²) in [6.07, 6.45) is -0.893. The van der Waals surface area contributed by atoms with E-state index >= 15 is 0 Å². The first-order valence-electron chi connectivity index (χ1n) is 12.5. The van der Waals surface area contributed by atoms with Gasteiger partial charge in [-0.1, -0.05) is 45.4 Å². The minimum absolute atomic E-state index is 0.0169. The predicted molar refractivity (Wildman–Crippen MR) is 146 cm³/mol. The lowest BCUT2D eigenvalue weighted by molar-refractivity contribution is -0.146. The van der Waals surface area contributed by atoms with E-state index in [4.69, 9.17) is 21.8 Å². The van der Waals surface area contributed by atoms with Gasteiger partial charge >= 0.3 is 5.97 Å². The molecule has 2 aromatic carbocycles. The molecule has 0 bridgehead atoms. The quantitative estimate of drug-likeness (QED) is 0.264. The average Bonchev–Trinajstić information content (AvgIpc) is 3.38. The Kier molecular flexibility index (Phi) is 11.0. The number of hydrogen-bond acceptors (Lipinski definition) is 5. The van der Waals surface area contributed by atoms with Crippen LogP contribution >= 0.6 is 11.6 Å². The third-order valence-electron chi connectivity index (χ3n) is 6.06. The number of benzene rings is 2. The van der Waals surface area contributed by atoms with Crippen molar-refractivity contribution in [3.8, 4) is 0 Å². The number of carbonyl (C=O) groups excluding carboxylic acids is 2. The van der Waals surface area contributed by atoms with Gasteiger partial charge in [0.05, 0.1) is 10.4 Å². The van der Waals surface area contributed by atoms with Gasteiger partial charge < -0.3 is 26.2 Å². The molecule has 2 amide bonds. The van der Waals surface area contributed by atoms with Gasteiger partial charge in [-0.25, -0.2) is 13.6 Å². The van der Waals surface area contributed by atoms with Crippen LogP contribution in [0.2, 0.25) is 5.02 Å². The molecule has 0 aliphatic carbocycles. The highest BCUT2D eigenvalue weighted by Crippen LogP contribution is 2.50. The van der Waals surface area contributed by atoms with Gasteiger partial charge in [-0.3, -0.25) is 9.59 Å². The molecule has 1 spiro atoms. The molecule has 39 heavy (non-hydrogen) atoms. The fourth-order valence-electron chi connectivity index (χ4n) is 4.28. The van der Waals surface area contributed by atoms with Crippen LogP contribution in [0, 0.1) is 24.0 Å². The Hall–Kier alpha value is -3.08. The standard InChI is InChI=1S/C18H15ClF2N2O.C5H9NO4.C5H12/c1-9-4-16-11(6-15(9)21)18(17(24)23-16)8-22-7-12(18)10-2-3-14(20)13(19)5-10;7-3-6-2-1-4(8)5(9)10;1-5(2,3)4/h2-6,12,22H,7-8H2,1H3,(H,23,24);3-4,8H,1-2H2,(H,6,7)(H,9,10);1-4H3. The summed E-state index contributed by atoms with van der Waals surface area (Å²) in [6, 6.07) is 7.58. The number of hydrogen-bond donors (Lipinski definition) is 5. The number of nitrogens with one attached hydrogen (secondary N) is 3. The number of aliphatic carboxylic acids is 1. The van der Waals surface area contributed by atoms with Gasteiger partial charge in [-0.2, -0.15) is 0 Å². The molecule has 0 saturated carbocycles. The minimum atomic E-state index is -1.38. The maximum atomic E-state index is 14.2. The fraction of sp³-hybridized carbons (Fsp3) is 0.464. The van der Waals surface area contributed by atoms with Gasteiger partial charge in [0.25, 0.3) is 0 Å². The number of carbonyl (C=O) groups is 3. The van der Waals surface area contributed by atoms with E-state index in [1.54, 1.807) is 25.1 Å². The minimum Gasteiger partial charge on any atom is -0.479 e. The molecule has 1 fully saturated rings. The number of amides is 2. The summed E-state index contributed by atoms with van der Waals surface area (Å²) in [4.78, 5) is 32.4. The highest BCUT2D eigenvalue weighted by atomic mass is 35.5. The van der Waals surface area contributed by atoms with Crippen LogP contribution in [0.3, 0.4) is 0 Å². The van der Waals surface area contributed by atoms with Crippen LogP contribution in [0.4, 0.5) is 14.5 Å². The second kappa shape index (κ2) is 13.3. The van der Waals surface area contributed by atoms with Crippen LogP contribution in [0.5, 0.6) is 0 Å². The van der Waals surface area contributed by atoms with Crippen molar-refractivity contribution < 1.29 is 33.4 Å². The van der Waals surface area contributed by atoms with Gasteiger partial charge in [0.15, 0.2) is 6.10 Å². The first kappa shape index (κ1) is 32.1. The summed E-state index contributed by atoms with van der Waals surface area (Å²) in [5, 5.41) is 25.1. The number of aliphatic hydroxyl groups excluding tert-OH is 1. The average molecular weight is 568 g/mol. The third kappa shape index (κ3) is 8.20. The molecule has 214 valence electrons. The Morgan fingerprint density at radius 3 is 2.44 bits per heavy atom. The highest BCUT2D eigenvalue weighted by Gasteiger charge is 2.55. The van der Waals surface area contributed by atoms with Crippen molar-refractivity contribution in [3.63, 3.8) is 0 Å². The van der Waals surface area contributed by atoms with Gasteiger partial charge in [0.1, 0.15) is 11.6 Å². The van der Waals surface area contributed by atoms with E-state index in [1.807, 2.05) is 0 Å². The zero-order chi connectivity index (χ0) is 29.5. The Labute approximate surface area is 232 Å². The van der Waals surface area contributed by atoms with Crippen LogP contribution in [0.15, 0.2) is 30.3 Å². The normalized spacial score (nSPS) is 20.1. The van der Waals surface area contributed by atoms with Crippen LogP contribution < -0.4 is 16.0 Å². The van der Waals surface area contributed by atoms with Gasteiger partial charge in [0.2, 0.25) is 12.3 Å². The maximum Gasteiger partial charge on any atom is 0.332 e. The van der Waals surface area contributed by atoms with Crippen LogP contribution in [-0.2, 0) is 19.8 Å². The lowest BCUT2D eigenvalue weighted by Gasteiger charge is -2.29.